The van der Waals surface area contributed by atoms with Gasteiger partial charge in [0.1, 0.15) is 11.6 Å². The third kappa shape index (κ3) is 5.16. The lowest BCUT2D eigenvalue weighted by Crippen LogP contribution is -2.24. The summed E-state index contributed by atoms with van der Waals surface area (Å²) in [6.45, 7) is 3.56. The van der Waals surface area contributed by atoms with E-state index in [1.807, 2.05) is 30.3 Å². The zero-order chi connectivity index (χ0) is 14.9. The first-order valence-corrected chi connectivity index (χ1v) is 7.31. The summed E-state index contributed by atoms with van der Waals surface area (Å²) >= 11 is 0. The van der Waals surface area contributed by atoms with Crippen LogP contribution in [0.3, 0.4) is 0 Å². The van der Waals surface area contributed by atoms with Crippen molar-refractivity contribution in [1.29, 1.82) is 0 Å². The van der Waals surface area contributed by atoms with Crippen molar-refractivity contribution in [1.82, 2.24) is 10.3 Å². The first kappa shape index (κ1) is 15.4. The van der Waals surface area contributed by atoms with Gasteiger partial charge in [0, 0.05) is 18.7 Å². The topological polar surface area (TPSA) is 34.1 Å². The van der Waals surface area contributed by atoms with Crippen LogP contribution in [0.4, 0.5) is 4.39 Å². The minimum Gasteiger partial charge on any atom is -0.494 e. The van der Waals surface area contributed by atoms with Gasteiger partial charge >= 0.3 is 0 Å². The van der Waals surface area contributed by atoms with Gasteiger partial charge in [0.2, 0.25) is 0 Å². The van der Waals surface area contributed by atoms with Gasteiger partial charge in [-0.1, -0.05) is 25.1 Å². The molecule has 2 rings (SSSR count). The Labute approximate surface area is 125 Å². The van der Waals surface area contributed by atoms with Crippen LogP contribution in [0.5, 0.6) is 5.75 Å². The van der Waals surface area contributed by atoms with Crippen LogP contribution in [-0.4, -0.2) is 18.1 Å². The molecule has 0 amide bonds. The minimum atomic E-state index is -0.306. The Morgan fingerprint density at radius 1 is 1.24 bits per heavy atom. The fourth-order valence-electron chi connectivity index (χ4n) is 2.14. The number of rotatable bonds is 8. The maximum atomic E-state index is 13.3. The summed E-state index contributed by atoms with van der Waals surface area (Å²) in [5.41, 5.74) is 0.861. The van der Waals surface area contributed by atoms with E-state index < -0.39 is 0 Å². The summed E-state index contributed by atoms with van der Waals surface area (Å²) in [6, 6.07) is 11.3. The summed E-state index contributed by atoms with van der Waals surface area (Å²) in [4.78, 5) is 3.92. The summed E-state index contributed by atoms with van der Waals surface area (Å²) < 4.78 is 19.0. The van der Waals surface area contributed by atoms with E-state index in [2.05, 4.69) is 17.2 Å². The van der Waals surface area contributed by atoms with Crippen molar-refractivity contribution in [2.75, 3.05) is 13.2 Å². The average molecular weight is 288 g/mol. The monoisotopic (exact) mass is 288 g/mol. The fraction of sp³-hybridized carbons (Fsp3) is 0.353. The van der Waals surface area contributed by atoms with Crippen LogP contribution in [-0.2, 0) is 0 Å². The van der Waals surface area contributed by atoms with Gasteiger partial charge in [-0.3, -0.25) is 4.98 Å². The molecule has 0 saturated carbocycles. The van der Waals surface area contributed by atoms with Crippen molar-refractivity contribution in [3.05, 3.63) is 60.2 Å². The van der Waals surface area contributed by atoms with Crippen molar-refractivity contribution < 1.29 is 9.13 Å². The number of ether oxygens (including phenoxy) is 1. The number of para-hydroxylation sites is 1. The van der Waals surface area contributed by atoms with Gasteiger partial charge in [-0.05, 0) is 36.7 Å². The van der Waals surface area contributed by atoms with E-state index >= 15 is 0 Å². The Bertz CT molecular complexity index is 533. The van der Waals surface area contributed by atoms with E-state index in [9.17, 15) is 4.39 Å². The SMILES string of the molecule is CCCNC(CCOc1ccccc1)c1cncc(F)c1. The molecule has 2 aromatic rings. The Morgan fingerprint density at radius 2 is 2.05 bits per heavy atom. The summed E-state index contributed by atoms with van der Waals surface area (Å²) in [5.74, 6) is 0.545. The van der Waals surface area contributed by atoms with Crippen LogP contribution in [0.1, 0.15) is 31.4 Å². The lowest BCUT2D eigenvalue weighted by molar-refractivity contribution is 0.286. The van der Waals surface area contributed by atoms with E-state index in [1.165, 1.54) is 12.3 Å². The normalized spacial score (nSPS) is 12.1. The molecule has 1 atom stereocenters. The molecular weight excluding hydrogens is 267 g/mol. The number of hydrogen-bond donors (Lipinski definition) is 1. The number of hydrogen-bond acceptors (Lipinski definition) is 3. The molecule has 0 radical (unpaired) electrons. The number of nitrogens with zero attached hydrogens (tertiary/aromatic N) is 1. The van der Waals surface area contributed by atoms with Crippen molar-refractivity contribution in [2.45, 2.75) is 25.8 Å². The molecule has 1 aromatic heterocycles. The highest BCUT2D eigenvalue weighted by Gasteiger charge is 2.12. The van der Waals surface area contributed by atoms with Gasteiger partial charge in [-0.2, -0.15) is 0 Å². The predicted molar refractivity (Wildman–Crippen MR) is 81.8 cm³/mol. The molecule has 0 aliphatic carbocycles. The van der Waals surface area contributed by atoms with Crippen LogP contribution in [0.25, 0.3) is 0 Å². The van der Waals surface area contributed by atoms with E-state index in [-0.39, 0.29) is 11.9 Å². The van der Waals surface area contributed by atoms with Crippen molar-refractivity contribution in [2.24, 2.45) is 0 Å². The van der Waals surface area contributed by atoms with E-state index in [0.717, 1.165) is 30.7 Å². The molecule has 1 N–H and O–H groups in total. The van der Waals surface area contributed by atoms with Crippen molar-refractivity contribution >= 4 is 0 Å². The fourth-order valence-corrected chi connectivity index (χ4v) is 2.14. The minimum absolute atomic E-state index is 0.0527. The molecule has 3 nitrogen and oxygen atoms in total. The predicted octanol–water partition coefficient (Wildman–Crippen LogP) is 3.73. The van der Waals surface area contributed by atoms with Crippen molar-refractivity contribution in [3.63, 3.8) is 0 Å². The average Bonchev–Trinajstić information content (AvgIpc) is 2.51. The first-order chi connectivity index (χ1) is 10.3. The zero-order valence-electron chi connectivity index (χ0n) is 12.3. The van der Waals surface area contributed by atoms with Crippen molar-refractivity contribution in [3.8, 4) is 5.75 Å². The number of halogens is 1. The smallest absolute Gasteiger partial charge is 0.141 e. The van der Waals surface area contributed by atoms with Crippen LogP contribution in [0, 0.1) is 5.82 Å². The van der Waals surface area contributed by atoms with Gasteiger partial charge in [0.25, 0.3) is 0 Å². The molecule has 0 bridgehead atoms. The zero-order valence-corrected chi connectivity index (χ0v) is 12.3. The maximum Gasteiger partial charge on any atom is 0.141 e. The molecule has 0 fully saturated rings. The Morgan fingerprint density at radius 3 is 2.76 bits per heavy atom. The highest BCUT2D eigenvalue weighted by molar-refractivity contribution is 5.21. The number of pyridine rings is 1. The molecule has 21 heavy (non-hydrogen) atoms. The quantitative estimate of drug-likeness (QED) is 0.803. The van der Waals surface area contributed by atoms with Crippen LogP contribution in [0.15, 0.2) is 48.8 Å². The molecular formula is C17H21FN2O. The Kier molecular flexibility index (Phi) is 6.16. The van der Waals surface area contributed by atoms with E-state index in [1.54, 1.807) is 6.20 Å². The molecule has 1 unspecified atom stereocenters. The van der Waals surface area contributed by atoms with Gasteiger partial charge in [0.05, 0.1) is 12.8 Å². The van der Waals surface area contributed by atoms with Gasteiger partial charge < -0.3 is 10.1 Å². The number of benzene rings is 1. The standard InChI is InChI=1S/C17H21FN2O/c1-2-9-20-17(14-11-15(18)13-19-12-14)8-10-21-16-6-4-3-5-7-16/h3-7,11-13,17,20H,2,8-10H2,1H3. The van der Waals surface area contributed by atoms with Gasteiger partial charge in [-0.15, -0.1) is 0 Å². The first-order valence-electron chi connectivity index (χ1n) is 7.31. The third-order valence-electron chi connectivity index (χ3n) is 3.19. The molecule has 1 aromatic carbocycles. The van der Waals surface area contributed by atoms with Gasteiger partial charge in [-0.25, -0.2) is 4.39 Å². The Hall–Kier alpha value is -1.94. The number of aromatic nitrogens is 1. The van der Waals surface area contributed by atoms with Crippen LogP contribution in [0.2, 0.25) is 0 Å². The lowest BCUT2D eigenvalue weighted by Gasteiger charge is -2.19. The summed E-state index contributed by atoms with van der Waals surface area (Å²) in [6.07, 6.45) is 4.72. The lowest BCUT2D eigenvalue weighted by atomic mass is 10.1. The molecule has 0 saturated heterocycles. The highest BCUT2D eigenvalue weighted by Crippen LogP contribution is 2.18. The van der Waals surface area contributed by atoms with E-state index in [0.29, 0.717) is 6.61 Å². The second-order valence-electron chi connectivity index (χ2n) is 4.89. The van der Waals surface area contributed by atoms with Crippen LogP contribution < -0.4 is 10.1 Å². The second-order valence-corrected chi connectivity index (χ2v) is 4.89. The summed E-state index contributed by atoms with van der Waals surface area (Å²) in [7, 11) is 0. The molecule has 112 valence electrons. The third-order valence-corrected chi connectivity index (χ3v) is 3.19. The molecule has 1 heterocycles. The molecule has 4 heteroatoms. The number of nitrogens with one attached hydrogen (secondary N) is 1. The second kappa shape index (κ2) is 8.37. The molecule has 0 spiro atoms. The highest BCUT2D eigenvalue weighted by atomic mass is 19.1. The molecule has 0 aliphatic heterocycles. The van der Waals surface area contributed by atoms with Crippen LogP contribution >= 0.6 is 0 Å². The molecule has 0 aliphatic rings. The Balaban J connectivity index is 1.93. The van der Waals surface area contributed by atoms with E-state index in [4.69, 9.17) is 4.74 Å². The van der Waals surface area contributed by atoms with Gasteiger partial charge in [0.15, 0.2) is 0 Å². The summed E-state index contributed by atoms with van der Waals surface area (Å²) in [5, 5.41) is 3.41. The largest absolute Gasteiger partial charge is 0.494 e. The maximum absolute atomic E-state index is 13.3.